The summed E-state index contributed by atoms with van der Waals surface area (Å²) in [6.07, 6.45) is 0.458. The zero-order chi connectivity index (χ0) is 26.2. The molecule has 0 radical (unpaired) electrons. The molecule has 0 aromatic heterocycles. The van der Waals surface area contributed by atoms with Crippen LogP contribution in [0, 0.1) is 0 Å². The lowest BCUT2D eigenvalue weighted by atomic mass is 10.0. The average molecular weight is 620 g/mol. The van der Waals surface area contributed by atoms with Crippen LogP contribution in [-0.2, 0) is 41.5 Å². The predicted octanol–water partition coefficient (Wildman–Crippen LogP) is 3.10. The van der Waals surface area contributed by atoms with E-state index in [1.54, 1.807) is 0 Å². The van der Waals surface area contributed by atoms with Gasteiger partial charge in [-0.2, -0.15) is 0 Å². The molecule has 0 spiro atoms. The highest BCUT2D eigenvalue weighted by Crippen LogP contribution is 2.30. The minimum Gasteiger partial charge on any atom is -0.467 e. The average Bonchev–Trinajstić information content (AvgIpc) is 2.91. The van der Waals surface area contributed by atoms with E-state index in [0.29, 0.717) is 0 Å². The first-order valence-electron chi connectivity index (χ1n) is 10.9. The van der Waals surface area contributed by atoms with Crippen LogP contribution in [0.2, 0.25) is 0 Å². The number of carbonyl (C=O) groups excluding carboxylic acids is 4. The molecule has 0 unspecified atom stereocenters. The zero-order valence-corrected chi connectivity index (χ0v) is 22.7. The van der Waals surface area contributed by atoms with E-state index >= 15 is 0 Å². The fourth-order valence-corrected chi connectivity index (χ4v) is 4.61. The van der Waals surface area contributed by atoms with Crippen LogP contribution in [0.5, 0.6) is 0 Å². The Morgan fingerprint density at radius 1 is 0.694 bits per heavy atom. The van der Waals surface area contributed by atoms with Crippen molar-refractivity contribution in [3.05, 3.63) is 92.1 Å². The summed E-state index contributed by atoms with van der Waals surface area (Å²) < 4.78 is 9.63. The lowest BCUT2D eigenvalue weighted by Crippen LogP contribution is -2.46. The molecule has 8 nitrogen and oxygen atoms in total. The van der Waals surface area contributed by atoms with Crippen molar-refractivity contribution in [1.82, 2.24) is 10.6 Å². The molecule has 0 aliphatic heterocycles. The number of Topliss-reactive ketones (excluding diaryl/α,β-unsaturated/α-hetero) is 2. The monoisotopic (exact) mass is 618 g/mol. The van der Waals surface area contributed by atoms with Crippen LogP contribution in [-0.4, -0.2) is 49.8 Å². The number of allylic oxidation sites excluding steroid dienone is 2. The summed E-state index contributed by atoms with van der Waals surface area (Å²) in [6, 6.07) is 16.5. The van der Waals surface area contributed by atoms with Crippen molar-refractivity contribution in [1.29, 1.82) is 0 Å². The van der Waals surface area contributed by atoms with E-state index in [2.05, 4.69) is 42.5 Å². The van der Waals surface area contributed by atoms with Crippen molar-refractivity contribution in [2.75, 3.05) is 14.2 Å². The highest BCUT2D eigenvalue weighted by molar-refractivity contribution is 9.12. The molecule has 2 N–H and O–H groups in total. The molecule has 0 saturated heterocycles. The minimum absolute atomic E-state index is 0.0801. The van der Waals surface area contributed by atoms with Crippen LogP contribution in [0.15, 0.2) is 81.0 Å². The molecular weight excluding hydrogens is 596 g/mol. The summed E-state index contributed by atoms with van der Waals surface area (Å²) in [5.41, 5.74) is 1.49. The van der Waals surface area contributed by atoms with Gasteiger partial charge in [-0.25, -0.2) is 9.59 Å². The van der Waals surface area contributed by atoms with Crippen LogP contribution in [0.3, 0.4) is 0 Å². The highest BCUT2D eigenvalue weighted by Gasteiger charge is 2.37. The normalized spacial score (nSPS) is 15.3. The fourth-order valence-electron chi connectivity index (χ4n) is 3.62. The Morgan fingerprint density at radius 2 is 1.03 bits per heavy atom. The van der Waals surface area contributed by atoms with Gasteiger partial charge in [-0.05, 0) is 43.0 Å². The Hall–Kier alpha value is -3.24. The van der Waals surface area contributed by atoms with Crippen LogP contribution in [0.4, 0.5) is 0 Å². The van der Waals surface area contributed by atoms with Gasteiger partial charge in [0.25, 0.3) is 0 Å². The number of methoxy groups -OCH3 is 2. The second-order valence-electron chi connectivity index (χ2n) is 7.86. The molecule has 0 saturated carbocycles. The Balaban J connectivity index is 1.86. The topological polar surface area (TPSA) is 111 Å². The summed E-state index contributed by atoms with van der Waals surface area (Å²) in [5, 5.41) is 5.73. The van der Waals surface area contributed by atoms with Gasteiger partial charge in [-0.3, -0.25) is 9.59 Å². The van der Waals surface area contributed by atoms with Gasteiger partial charge in [0.1, 0.15) is 23.5 Å². The fraction of sp³-hybridized carbons (Fsp3) is 0.231. The van der Waals surface area contributed by atoms with Gasteiger partial charge in [-0.1, -0.05) is 60.7 Å². The third-order valence-corrected chi connectivity index (χ3v) is 6.98. The molecule has 0 fully saturated rings. The first-order chi connectivity index (χ1) is 17.3. The van der Waals surface area contributed by atoms with Crippen molar-refractivity contribution in [2.45, 2.75) is 24.9 Å². The summed E-state index contributed by atoms with van der Waals surface area (Å²) in [7, 11) is 2.49. The van der Waals surface area contributed by atoms with Gasteiger partial charge in [-0.15, -0.1) is 0 Å². The number of ether oxygens (including phenoxy) is 2. The number of benzene rings is 2. The largest absolute Gasteiger partial charge is 0.467 e. The molecule has 2 aromatic carbocycles. The minimum atomic E-state index is -0.924. The molecule has 188 valence electrons. The quantitative estimate of drug-likeness (QED) is 0.308. The van der Waals surface area contributed by atoms with Gasteiger partial charge in [0.15, 0.2) is 0 Å². The van der Waals surface area contributed by atoms with Crippen molar-refractivity contribution in [3.63, 3.8) is 0 Å². The number of ketones is 2. The van der Waals surface area contributed by atoms with Crippen molar-refractivity contribution >= 4 is 55.4 Å². The maximum absolute atomic E-state index is 13.3. The third kappa shape index (κ3) is 6.50. The number of halogens is 2. The molecular formula is C26H24Br2N2O6. The van der Waals surface area contributed by atoms with Gasteiger partial charge in [0.2, 0.25) is 11.6 Å². The second kappa shape index (κ2) is 12.6. The van der Waals surface area contributed by atoms with E-state index in [1.165, 1.54) is 14.2 Å². The molecule has 10 heteroatoms. The summed E-state index contributed by atoms with van der Waals surface area (Å²) in [6.45, 7) is 0. The number of hydrogen-bond donors (Lipinski definition) is 2. The Morgan fingerprint density at radius 3 is 1.33 bits per heavy atom. The first-order valence-corrected chi connectivity index (χ1v) is 12.5. The van der Waals surface area contributed by atoms with Gasteiger partial charge < -0.3 is 20.1 Å². The van der Waals surface area contributed by atoms with E-state index < -0.39 is 35.6 Å². The lowest BCUT2D eigenvalue weighted by Gasteiger charge is -2.26. The second-order valence-corrected chi connectivity index (χ2v) is 9.44. The number of carbonyl (C=O) groups is 4. The molecule has 36 heavy (non-hydrogen) atoms. The van der Waals surface area contributed by atoms with Gasteiger partial charge >= 0.3 is 11.9 Å². The van der Waals surface area contributed by atoms with Crippen LogP contribution < -0.4 is 10.6 Å². The predicted molar refractivity (Wildman–Crippen MR) is 140 cm³/mol. The summed E-state index contributed by atoms with van der Waals surface area (Å²) >= 11 is 6.42. The SMILES string of the molecule is COC(=O)[C@H](Cc1ccccc1)NC1=C(Br)C(=O)C(N[C@@H](Cc2ccccc2)C(=O)OC)=C(Br)C1=O. The summed E-state index contributed by atoms with van der Waals surface area (Å²) in [4.78, 5) is 51.4. The van der Waals surface area contributed by atoms with E-state index in [9.17, 15) is 19.2 Å². The first kappa shape index (κ1) is 27.3. The molecule has 2 aromatic rings. The van der Waals surface area contributed by atoms with E-state index in [0.717, 1.165) is 11.1 Å². The van der Waals surface area contributed by atoms with E-state index in [1.807, 2.05) is 60.7 Å². The molecule has 0 heterocycles. The lowest BCUT2D eigenvalue weighted by molar-refractivity contribution is -0.143. The maximum atomic E-state index is 13.3. The smallest absolute Gasteiger partial charge is 0.328 e. The van der Waals surface area contributed by atoms with Crippen molar-refractivity contribution in [2.24, 2.45) is 0 Å². The Bertz CT molecular complexity index is 1120. The highest BCUT2D eigenvalue weighted by atomic mass is 79.9. The van der Waals surface area contributed by atoms with Crippen molar-refractivity contribution < 1.29 is 28.7 Å². The van der Waals surface area contributed by atoms with E-state index in [4.69, 9.17) is 9.47 Å². The molecule has 1 aliphatic carbocycles. The molecule has 1 aliphatic rings. The molecule has 3 rings (SSSR count). The number of esters is 2. The van der Waals surface area contributed by atoms with Crippen molar-refractivity contribution in [3.8, 4) is 0 Å². The molecule has 0 bridgehead atoms. The zero-order valence-electron chi connectivity index (χ0n) is 19.5. The number of hydrogen-bond acceptors (Lipinski definition) is 8. The Kier molecular flexibility index (Phi) is 9.60. The summed E-state index contributed by atoms with van der Waals surface area (Å²) in [5.74, 6) is -2.34. The number of rotatable bonds is 10. The van der Waals surface area contributed by atoms with Crippen LogP contribution >= 0.6 is 31.9 Å². The standard InChI is InChI=1S/C26H24Br2N2O6/c1-35-25(33)17(13-15-9-5-3-6-10-15)29-21-19(27)24(32)22(20(28)23(21)31)30-18(26(34)36-2)14-16-11-7-4-8-12-16/h3-12,17-18,29-30H,13-14H2,1-2H3/t17-,18-/m0/s1. The van der Waals surface area contributed by atoms with Gasteiger partial charge in [0, 0.05) is 12.8 Å². The maximum Gasteiger partial charge on any atom is 0.328 e. The number of nitrogens with one attached hydrogen (secondary N) is 2. The van der Waals surface area contributed by atoms with Crippen LogP contribution in [0.25, 0.3) is 0 Å². The van der Waals surface area contributed by atoms with Gasteiger partial charge in [0.05, 0.1) is 23.2 Å². The van der Waals surface area contributed by atoms with Crippen LogP contribution in [0.1, 0.15) is 11.1 Å². The third-order valence-electron chi connectivity index (χ3n) is 5.47. The molecule has 2 atom stereocenters. The molecule has 0 amide bonds. The van der Waals surface area contributed by atoms with E-state index in [-0.39, 0.29) is 33.2 Å². The Labute approximate surface area is 225 Å².